The summed E-state index contributed by atoms with van der Waals surface area (Å²) < 4.78 is 5.10. The maximum Gasteiger partial charge on any atom is 0.254 e. The van der Waals surface area contributed by atoms with Crippen LogP contribution in [0.3, 0.4) is 0 Å². The lowest BCUT2D eigenvalue weighted by Gasteiger charge is -2.31. The molecule has 0 spiro atoms. The molecule has 0 bridgehead atoms. The van der Waals surface area contributed by atoms with Gasteiger partial charge in [0.2, 0.25) is 0 Å². The van der Waals surface area contributed by atoms with Crippen molar-refractivity contribution in [2.24, 2.45) is 0 Å². The molecule has 1 amide bonds. The first kappa shape index (κ1) is 21.7. The van der Waals surface area contributed by atoms with Gasteiger partial charge in [0.25, 0.3) is 5.91 Å². The molecule has 1 unspecified atom stereocenters. The first-order chi connectivity index (χ1) is 14.0. The number of aliphatic hydroxyl groups excluding tert-OH is 2. The highest BCUT2D eigenvalue weighted by Gasteiger charge is 2.38. The molecule has 1 aromatic carbocycles. The smallest absolute Gasteiger partial charge is 0.254 e. The number of likely N-dealkylation sites (tertiary alicyclic amines) is 2. The van der Waals surface area contributed by atoms with Gasteiger partial charge in [-0.3, -0.25) is 9.59 Å². The third-order valence-electron chi connectivity index (χ3n) is 6.03. The number of benzene rings is 1. The molecule has 0 aliphatic carbocycles. The van der Waals surface area contributed by atoms with E-state index in [9.17, 15) is 19.8 Å². The molecule has 2 N–H and O–H groups in total. The van der Waals surface area contributed by atoms with E-state index in [1.807, 2.05) is 24.3 Å². The van der Waals surface area contributed by atoms with Crippen molar-refractivity contribution < 1.29 is 24.5 Å². The van der Waals surface area contributed by atoms with Gasteiger partial charge in [0.15, 0.2) is 11.9 Å². The van der Waals surface area contributed by atoms with Gasteiger partial charge in [-0.15, -0.1) is 0 Å². The van der Waals surface area contributed by atoms with E-state index in [2.05, 4.69) is 4.90 Å². The number of ketones is 1. The number of hydrogen-bond donors (Lipinski definition) is 2. The summed E-state index contributed by atoms with van der Waals surface area (Å²) in [6.07, 6.45) is 1.27. The Morgan fingerprint density at radius 3 is 2.41 bits per heavy atom. The van der Waals surface area contributed by atoms with Crippen molar-refractivity contribution in [2.45, 2.75) is 56.8 Å². The predicted molar refractivity (Wildman–Crippen MR) is 109 cm³/mol. The molecule has 2 fully saturated rings. The van der Waals surface area contributed by atoms with Gasteiger partial charge in [-0.05, 0) is 62.9 Å². The Labute approximate surface area is 172 Å². The van der Waals surface area contributed by atoms with E-state index in [1.54, 1.807) is 12.0 Å². The molecule has 0 saturated carbocycles. The summed E-state index contributed by atoms with van der Waals surface area (Å²) in [5.74, 6) is -0.316. The molecule has 2 aliphatic rings. The van der Waals surface area contributed by atoms with E-state index in [0.717, 1.165) is 43.8 Å². The fourth-order valence-electron chi connectivity index (χ4n) is 4.27. The average molecular weight is 405 g/mol. The molecule has 7 nitrogen and oxygen atoms in total. The van der Waals surface area contributed by atoms with E-state index < -0.39 is 23.9 Å². The van der Waals surface area contributed by atoms with Gasteiger partial charge in [-0.25, -0.2) is 0 Å². The molecular formula is C22H32N2O5. The van der Waals surface area contributed by atoms with Gasteiger partial charge in [-0.2, -0.15) is 0 Å². The number of rotatable bonds is 9. The summed E-state index contributed by atoms with van der Waals surface area (Å²) in [6.45, 7) is 3.47. The van der Waals surface area contributed by atoms with Gasteiger partial charge >= 0.3 is 0 Å². The number of aliphatic hydroxyl groups is 2. The Balaban J connectivity index is 1.51. The van der Waals surface area contributed by atoms with Crippen molar-refractivity contribution >= 4 is 11.7 Å². The highest BCUT2D eigenvalue weighted by Crippen LogP contribution is 2.22. The van der Waals surface area contributed by atoms with Crippen LogP contribution in [0.1, 0.15) is 37.7 Å². The van der Waals surface area contributed by atoms with Crippen LogP contribution >= 0.6 is 0 Å². The molecular weight excluding hydrogens is 372 g/mol. The number of ether oxygens (including phenoxy) is 1. The van der Waals surface area contributed by atoms with Crippen LogP contribution in [0.15, 0.2) is 24.3 Å². The van der Waals surface area contributed by atoms with Crippen LogP contribution in [0, 0.1) is 0 Å². The van der Waals surface area contributed by atoms with Crippen molar-refractivity contribution in [3.63, 3.8) is 0 Å². The number of Topliss-reactive ketones (excluding diaryl/α,β-unsaturated/α-hetero) is 1. The third-order valence-corrected chi connectivity index (χ3v) is 6.03. The number of carbonyl (C=O) groups excluding carboxylic acids is 2. The lowest BCUT2D eigenvalue weighted by Crippen LogP contribution is -2.51. The average Bonchev–Trinajstić information content (AvgIpc) is 3.43. The van der Waals surface area contributed by atoms with Crippen LogP contribution in [-0.4, -0.2) is 83.2 Å². The number of aryl methyl sites for hydroxylation is 1. The highest BCUT2D eigenvalue weighted by atomic mass is 16.5. The normalized spacial score (nSPS) is 21.9. The highest BCUT2D eigenvalue weighted by molar-refractivity contribution is 5.92. The third kappa shape index (κ3) is 5.56. The molecule has 1 aromatic rings. The van der Waals surface area contributed by atoms with Gasteiger partial charge < -0.3 is 24.7 Å². The Bertz CT molecular complexity index is 687. The Kier molecular flexibility index (Phi) is 7.64. The SMILES string of the molecule is COc1ccc(CCC(=O)[C@H](O)[C@@H](O)C(=O)N2CCCC2CN2CCCC2)cc1. The van der Waals surface area contributed by atoms with Gasteiger partial charge in [0, 0.05) is 25.6 Å². The van der Waals surface area contributed by atoms with Crippen LogP contribution in [0.5, 0.6) is 5.75 Å². The molecule has 0 radical (unpaired) electrons. The molecule has 2 aliphatic heterocycles. The lowest BCUT2D eigenvalue weighted by atomic mass is 10.0. The van der Waals surface area contributed by atoms with Gasteiger partial charge in [0.1, 0.15) is 11.9 Å². The van der Waals surface area contributed by atoms with E-state index in [0.29, 0.717) is 13.0 Å². The minimum absolute atomic E-state index is 0.0526. The van der Waals surface area contributed by atoms with Crippen LogP contribution in [0.25, 0.3) is 0 Å². The second-order valence-corrected chi connectivity index (χ2v) is 8.04. The molecule has 2 saturated heterocycles. The zero-order valence-electron chi connectivity index (χ0n) is 17.1. The summed E-state index contributed by atoms with van der Waals surface area (Å²) in [5.41, 5.74) is 0.928. The molecule has 3 rings (SSSR count). The maximum atomic E-state index is 12.8. The van der Waals surface area contributed by atoms with Crippen molar-refractivity contribution in [2.75, 3.05) is 33.3 Å². The summed E-state index contributed by atoms with van der Waals surface area (Å²) in [7, 11) is 1.59. The van der Waals surface area contributed by atoms with Crippen molar-refractivity contribution in [3.05, 3.63) is 29.8 Å². The molecule has 29 heavy (non-hydrogen) atoms. The van der Waals surface area contributed by atoms with Crippen molar-refractivity contribution in [1.82, 2.24) is 9.80 Å². The summed E-state index contributed by atoms with van der Waals surface area (Å²) in [5, 5.41) is 20.6. The standard InChI is InChI=1S/C22H32N2O5/c1-29-18-9-6-16(7-10-18)8-11-19(25)20(26)21(27)22(28)24-14-4-5-17(24)15-23-12-2-3-13-23/h6-7,9-10,17,20-21,26-27H,2-5,8,11-15H2,1H3/t17?,20-,21+/m0/s1. The first-order valence-corrected chi connectivity index (χ1v) is 10.5. The monoisotopic (exact) mass is 404 g/mol. The minimum atomic E-state index is -1.70. The Hall–Kier alpha value is -1.96. The van der Waals surface area contributed by atoms with Crippen LogP contribution in [0.2, 0.25) is 0 Å². The van der Waals surface area contributed by atoms with Gasteiger partial charge in [-0.1, -0.05) is 12.1 Å². The number of nitrogens with zero attached hydrogens (tertiary/aromatic N) is 2. The maximum absolute atomic E-state index is 12.8. The summed E-state index contributed by atoms with van der Waals surface area (Å²) >= 11 is 0. The summed E-state index contributed by atoms with van der Waals surface area (Å²) in [6, 6.07) is 7.38. The second kappa shape index (κ2) is 10.2. The zero-order chi connectivity index (χ0) is 20.8. The van der Waals surface area contributed by atoms with Gasteiger partial charge in [0.05, 0.1) is 7.11 Å². The Morgan fingerprint density at radius 1 is 1.07 bits per heavy atom. The number of carbonyl (C=O) groups is 2. The quantitative estimate of drug-likeness (QED) is 0.638. The molecule has 2 heterocycles. The van der Waals surface area contributed by atoms with Crippen LogP contribution < -0.4 is 4.74 Å². The molecule has 7 heteroatoms. The van der Waals surface area contributed by atoms with E-state index in [-0.39, 0.29) is 12.5 Å². The predicted octanol–water partition coefficient (Wildman–Crippen LogP) is 1.01. The molecule has 160 valence electrons. The first-order valence-electron chi connectivity index (χ1n) is 10.5. The zero-order valence-corrected chi connectivity index (χ0v) is 17.1. The number of methoxy groups -OCH3 is 1. The fourth-order valence-corrected chi connectivity index (χ4v) is 4.27. The van der Waals surface area contributed by atoms with Crippen LogP contribution in [0.4, 0.5) is 0 Å². The lowest BCUT2D eigenvalue weighted by molar-refractivity contribution is -0.153. The number of amides is 1. The van der Waals surface area contributed by atoms with Crippen molar-refractivity contribution in [3.8, 4) is 5.75 Å². The second-order valence-electron chi connectivity index (χ2n) is 8.04. The fraction of sp³-hybridized carbons (Fsp3) is 0.636. The van der Waals surface area contributed by atoms with Crippen LogP contribution in [-0.2, 0) is 16.0 Å². The topological polar surface area (TPSA) is 90.3 Å². The molecule has 0 aromatic heterocycles. The minimum Gasteiger partial charge on any atom is -0.497 e. The largest absolute Gasteiger partial charge is 0.497 e. The van der Waals surface area contributed by atoms with Crippen molar-refractivity contribution in [1.29, 1.82) is 0 Å². The number of hydrogen-bond acceptors (Lipinski definition) is 6. The Morgan fingerprint density at radius 2 is 1.76 bits per heavy atom. The van der Waals surface area contributed by atoms with E-state index >= 15 is 0 Å². The molecule has 3 atom stereocenters. The van der Waals surface area contributed by atoms with E-state index in [4.69, 9.17) is 4.74 Å². The summed E-state index contributed by atoms with van der Waals surface area (Å²) in [4.78, 5) is 29.1. The van der Waals surface area contributed by atoms with E-state index in [1.165, 1.54) is 12.8 Å².